The summed E-state index contributed by atoms with van der Waals surface area (Å²) in [7, 11) is 0. The van der Waals surface area contributed by atoms with Gasteiger partial charge in [-0.05, 0) is 46.2 Å². The van der Waals surface area contributed by atoms with Crippen molar-refractivity contribution in [1.82, 2.24) is 5.32 Å². The Balaban J connectivity index is 1.18. The monoisotopic (exact) mass is 632 g/mol. The van der Waals surface area contributed by atoms with Gasteiger partial charge in [0, 0.05) is 53.3 Å². The summed E-state index contributed by atoms with van der Waals surface area (Å²) in [5.41, 5.74) is 9.32. The predicted molar refractivity (Wildman–Crippen MR) is 203 cm³/mol. The number of nitrogens with zero attached hydrogens (tertiary/aromatic N) is 1. The van der Waals surface area contributed by atoms with Crippen LogP contribution in [0.15, 0.2) is 167 Å². The summed E-state index contributed by atoms with van der Waals surface area (Å²) in [6.07, 6.45) is 1.93. The van der Waals surface area contributed by atoms with Crippen molar-refractivity contribution in [2.45, 2.75) is 6.17 Å². The fourth-order valence-electron chi connectivity index (χ4n) is 7.24. The molecule has 1 atom stereocenters. The summed E-state index contributed by atoms with van der Waals surface area (Å²) < 4.78 is 9.26. The summed E-state index contributed by atoms with van der Waals surface area (Å²) >= 11 is 1.84. The Labute approximate surface area is 281 Å². The SMILES string of the molecule is C1=C(c2ccccc2)NC(c2cccc3c2sc2ccccc23)N=C1c1cccc2oc3c(-c4ccc5ccccc5c4)cccc3c12. The number of allylic oxidation sites excluding steroid dienone is 1. The average molecular weight is 633 g/mol. The molecule has 0 bridgehead atoms. The minimum atomic E-state index is -0.265. The maximum Gasteiger partial charge on any atom is 0.146 e. The number of thiophene rings is 1. The first-order chi connectivity index (χ1) is 23.8. The second kappa shape index (κ2) is 10.8. The topological polar surface area (TPSA) is 37.5 Å². The van der Waals surface area contributed by atoms with E-state index in [1.807, 2.05) is 11.3 Å². The van der Waals surface area contributed by atoms with Gasteiger partial charge in [0.25, 0.3) is 0 Å². The minimum Gasteiger partial charge on any atom is -0.455 e. The Hall–Kier alpha value is -5.97. The van der Waals surface area contributed by atoms with Crippen LogP contribution < -0.4 is 5.32 Å². The standard InChI is InChI=1S/C44H28N2OS/c1-2-12-28(13-3-1)37-26-38(46-44(45-37)36-20-9-17-33-32-15-6-7-22-40(32)48-43(33)36)34-18-10-21-39-41(34)35-19-8-16-31(42(35)47-39)30-24-23-27-11-4-5-14-29(27)25-30/h1-26,44-45H. The van der Waals surface area contributed by atoms with Gasteiger partial charge in [-0.15, -0.1) is 11.3 Å². The van der Waals surface area contributed by atoms with Crippen molar-refractivity contribution >= 4 is 75.6 Å². The maximum absolute atomic E-state index is 6.71. The second-order valence-corrected chi connectivity index (χ2v) is 13.4. The molecule has 48 heavy (non-hydrogen) atoms. The maximum atomic E-state index is 6.71. The average Bonchev–Trinajstić information content (AvgIpc) is 3.73. The minimum absolute atomic E-state index is 0.265. The van der Waals surface area contributed by atoms with Gasteiger partial charge in [-0.25, -0.2) is 0 Å². The number of hydrogen-bond acceptors (Lipinski definition) is 4. The molecule has 2 aromatic heterocycles. The van der Waals surface area contributed by atoms with Gasteiger partial charge in [0.2, 0.25) is 0 Å². The van der Waals surface area contributed by atoms with Crippen LogP contribution in [0.2, 0.25) is 0 Å². The molecule has 226 valence electrons. The van der Waals surface area contributed by atoms with Crippen molar-refractivity contribution in [2.24, 2.45) is 4.99 Å². The molecule has 3 nitrogen and oxygen atoms in total. The third-order valence-corrected chi connectivity index (χ3v) is 10.8. The van der Waals surface area contributed by atoms with E-state index in [1.54, 1.807) is 0 Å². The Morgan fingerprint density at radius 2 is 1.33 bits per heavy atom. The van der Waals surface area contributed by atoms with Crippen LogP contribution >= 0.6 is 11.3 Å². The Bertz CT molecular complexity index is 2770. The zero-order chi connectivity index (χ0) is 31.6. The molecule has 4 heteroatoms. The van der Waals surface area contributed by atoms with E-state index in [-0.39, 0.29) is 6.17 Å². The first-order valence-corrected chi connectivity index (χ1v) is 17.1. The van der Waals surface area contributed by atoms with Gasteiger partial charge >= 0.3 is 0 Å². The van der Waals surface area contributed by atoms with Crippen LogP contribution in [0.1, 0.15) is 22.9 Å². The third kappa shape index (κ3) is 4.30. The summed E-state index contributed by atoms with van der Waals surface area (Å²) in [4.78, 5) is 5.46. The van der Waals surface area contributed by atoms with E-state index >= 15 is 0 Å². The Morgan fingerprint density at radius 1 is 0.583 bits per heavy atom. The van der Waals surface area contributed by atoms with Gasteiger partial charge in [-0.1, -0.05) is 133 Å². The number of aliphatic imine (C=N–C) groups is 1. The van der Waals surface area contributed by atoms with E-state index in [2.05, 4.69) is 163 Å². The summed E-state index contributed by atoms with van der Waals surface area (Å²) in [5, 5.41) is 11.0. The molecule has 0 spiro atoms. The summed E-state index contributed by atoms with van der Waals surface area (Å²) in [5.74, 6) is 0. The number of rotatable bonds is 4. The molecule has 3 heterocycles. The van der Waals surface area contributed by atoms with Gasteiger partial charge in [-0.3, -0.25) is 4.99 Å². The van der Waals surface area contributed by atoms with Crippen LogP contribution in [0.5, 0.6) is 0 Å². The van der Waals surface area contributed by atoms with Gasteiger partial charge < -0.3 is 9.73 Å². The first-order valence-electron chi connectivity index (χ1n) is 16.2. The molecule has 1 N–H and O–H groups in total. The van der Waals surface area contributed by atoms with Gasteiger partial charge in [0.15, 0.2) is 0 Å². The molecule has 0 saturated carbocycles. The number of furan rings is 1. The lowest BCUT2D eigenvalue weighted by Crippen LogP contribution is -2.25. The van der Waals surface area contributed by atoms with E-state index in [9.17, 15) is 0 Å². The van der Waals surface area contributed by atoms with E-state index in [0.717, 1.165) is 55.6 Å². The highest BCUT2D eigenvalue weighted by atomic mass is 32.1. The molecule has 0 fully saturated rings. The Kier molecular flexibility index (Phi) is 6.11. The molecule has 7 aromatic carbocycles. The van der Waals surface area contributed by atoms with Gasteiger partial charge in [0.1, 0.15) is 17.3 Å². The third-order valence-electron chi connectivity index (χ3n) is 9.51. The van der Waals surface area contributed by atoms with Crippen LogP contribution in [0.4, 0.5) is 0 Å². The summed E-state index contributed by atoms with van der Waals surface area (Å²) in [6, 6.07) is 53.7. The normalized spacial score (nSPS) is 14.9. The van der Waals surface area contributed by atoms with Crippen LogP contribution in [-0.2, 0) is 0 Å². The molecule has 1 unspecified atom stereocenters. The van der Waals surface area contributed by atoms with Crippen molar-refractivity contribution in [1.29, 1.82) is 0 Å². The quantitative estimate of drug-likeness (QED) is 0.210. The lowest BCUT2D eigenvalue weighted by Gasteiger charge is -2.25. The van der Waals surface area contributed by atoms with Crippen LogP contribution in [0.25, 0.3) is 69.7 Å². The number of nitrogens with one attached hydrogen (secondary N) is 1. The lowest BCUT2D eigenvalue weighted by molar-refractivity contribution is 0.668. The highest BCUT2D eigenvalue weighted by Crippen LogP contribution is 2.42. The van der Waals surface area contributed by atoms with Crippen LogP contribution in [0.3, 0.4) is 0 Å². The van der Waals surface area contributed by atoms with Gasteiger partial charge in [-0.2, -0.15) is 0 Å². The van der Waals surface area contributed by atoms with E-state index < -0.39 is 0 Å². The predicted octanol–water partition coefficient (Wildman–Crippen LogP) is 11.9. The van der Waals surface area contributed by atoms with Gasteiger partial charge in [0.05, 0.1) is 5.71 Å². The number of benzene rings is 7. The molecule has 0 aliphatic carbocycles. The highest BCUT2D eigenvalue weighted by molar-refractivity contribution is 7.26. The molecule has 0 radical (unpaired) electrons. The molecule has 1 aliphatic heterocycles. The lowest BCUT2D eigenvalue weighted by atomic mass is 9.96. The van der Waals surface area contributed by atoms with Crippen molar-refractivity contribution in [3.05, 3.63) is 174 Å². The fourth-order valence-corrected chi connectivity index (χ4v) is 8.48. The highest BCUT2D eigenvalue weighted by Gasteiger charge is 2.25. The first kappa shape index (κ1) is 27.2. The van der Waals surface area contributed by atoms with Crippen LogP contribution in [-0.4, -0.2) is 5.71 Å². The zero-order valence-electron chi connectivity index (χ0n) is 25.9. The van der Waals surface area contributed by atoms with Crippen molar-refractivity contribution < 1.29 is 4.42 Å². The van der Waals surface area contributed by atoms with E-state index in [4.69, 9.17) is 9.41 Å². The largest absolute Gasteiger partial charge is 0.455 e. The van der Waals surface area contributed by atoms with Crippen molar-refractivity contribution in [3.8, 4) is 11.1 Å². The summed E-state index contributed by atoms with van der Waals surface area (Å²) in [6.45, 7) is 0. The van der Waals surface area contributed by atoms with Crippen LogP contribution in [0, 0.1) is 0 Å². The van der Waals surface area contributed by atoms with Crippen molar-refractivity contribution in [2.75, 3.05) is 0 Å². The molecule has 1 aliphatic rings. The molecule has 9 aromatic rings. The second-order valence-electron chi connectivity index (χ2n) is 12.3. The number of para-hydroxylation sites is 1. The molecule has 0 saturated heterocycles. The molecular formula is C44H28N2OS. The Morgan fingerprint density at radius 3 is 2.27 bits per heavy atom. The molecule has 10 rings (SSSR count). The number of hydrogen-bond donors (Lipinski definition) is 1. The molecule has 0 amide bonds. The zero-order valence-corrected chi connectivity index (χ0v) is 26.7. The number of fused-ring (bicyclic) bond motifs is 7. The van der Waals surface area contributed by atoms with E-state index in [1.165, 1.54) is 36.5 Å². The molecular weight excluding hydrogens is 605 g/mol. The van der Waals surface area contributed by atoms with Crippen molar-refractivity contribution in [3.63, 3.8) is 0 Å². The smallest absolute Gasteiger partial charge is 0.146 e. The van der Waals surface area contributed by atoms with E-state index in [0.29, 0.717) is 0 Å². The fraction of sp³-hybridized carbons (Fsp3) is 0.0227.